The van der Waals surface area contributed by atoms with Crippen molar-refractivity contribution in [3.8, 4) is 0 Å². The van der Waals surface area contributed by atoms with Gasteiger partial charge in [0.1, 0.15) is 6.29 Å². The molecular formula is C8H7FN2O. The third kappa shape index (κ3) is 1.88. The summed E-state index contributed by atoms with van der Waals surface area (Å²) >= 11 is 0. The van der Waals surface area contributed by atoms with Crippen molar-refractivity contribution < 1.29 is 9.18 Å². The summed E-state index contributed by atoms with van der Waals surface area (Å²) < 4.78 is 12.7. The molecule has 0 aliphatic carbocycles. The predicted molar refractivity (Wildman–Crippen MR) is 43.7 cm³/mol. The van der Waals surface area contributed by atoms with Gasteiger partial charge in [-0.05, 0) is 17.7 Å². The first-order valence-corrected chi connectivity index (χ1v) is 3.27. The van der Waals surface area contributed by atoms with E-state index in [4.69, 9.17) is 5.73 Å². The molecule has 0 atom stereocenters. The van der Waals surface area contributed by atoms with E-state index in [-0.39, 0.29) is 5.82 Å². The summed E-state index contributed by atoms with van der Waals surface area (Å²) in [4.78, 5) is 13.5. The van der Waals surface area contributed by atoms with Gasteiger partial charge in [-0.1, -0.05) is 6.08 Å². The fraction of sp³-hybridized carbons (Fsp3) is 0. The van der Waals surface area contributed by atoms with Crippen molar-refractivity contribution in [3.63, 3.8) is 0 Å². The number of hydrogen-bond donors (Lipinski definition) is 1. The maximum Gasteiger partial charge on any atom is 0.165 e. The van der Waals surface area contributed by atoms with E-state index in [1.807, 2.05) is 0 Å². The molecule has 3 nitrogen and oxygen atoms in total. The number of hydrogen-bond acceptors (Lipinski definition) is 3. The standard InChI is InChI=1S/C8H7FN2O/c9-7-4-6(2-1-3-12)5-11-8(7)10/h1-5H,(H2,10,11). The van der Waals surface area contributed by atoms with Gasteiger partial charge in [-0.2, -0.15) is 0 Å². The second-order valence-corrected chi connectivity index (χ2v) is 2.13. The van der Waals surface area contributed by atoms with Gasteiger partial charge in [-0.15, -0.1) is 0 Å². The molecule has 0 aromatic carbocycles. The van der Waals surface area contributed by atoms with Crippen LogP contribution in [0.2, 0.25) is 0 Å². The van der Waals surface area contributed by atoms with Crippen LogP contribution in [0.3, 0.4) is 0 Å². The number of nitrogen functional groups attached to an aromatic ring is 1. The minimum Gasteiger partial charge on any atom is -0.381 e. The first kappa shape index (κ1) is 8.39. The summed E-state index contributed by atoms with van der Waals surface area (Å²) in [7, 11) is 0. The summed E-state index contributed by atoms with van der Waals surface area (Å²) in [5.74, 6) is -0.721. The maximum atomic E-state index is 12.7. The molecule has 0 amide bonds. The number of allylic oxidation sites excluding steroid dienone is 1. The Balaban J connectivity index is 2.96. The smallest absolute Gasteiger partial charge is 0.165 e. The number of aldehydes is 1. The molecule has 1 aromatic rings. The van der Waals surface area contributed by atoms with Crippen LogP contribution in [0.1, 0.15) is 5.56 Å². The molecule has 0 unspecified atom stereocenters. The van der Waals surface area contributed by atoms with E-state index in [0.29, 0.717) is 11.8 Å². The molecule has 0 aliphatic rings. The third-order valence-corrected chi connectivity index (χ3v) is 1.26. The molecule has 0 spiro atoms. The van der Waals surface area contributed by atoms with Gasteiger partial charge in [0.15, 0.2) is 11.6 Å². The highest BCUT2D eigenvalue weighted by atomic mass is 19.1. The van der Waals surface area contributed by atoms with E-state index in [2.05, 4.69) is 4.98 Å². The van der Waals surface area contributed by atoms with Crippen LogP contribution < -0.4 is 5.73 Å². The summed E-state index contributed by atoms with van der Waals surface area (Å²) in [5, 5.41) is 0. The second-order valence-electron chi connectivity index (χ2n) is 2.13. The average Bonchev–Trinajstić information content (AvgIpc) is 2.07. The van der Waals surface area contributed by atoms with E-state index in [0.717, 1.165) is 0 Å². The fourth-order valence-electron chi connectivity index (χ4n) is 0.705. The number of aromatic nitrogens is 1. The normalized spacial score (nSPS) is 10.4. The number of nitrogens with zero attached hydrogens (tertiary/aromatic N) is 1. The lowest BCUT2D eigenvalue weighted by molar-refractivity contribution is -0.104. The van der Waals surface area contributed by atoms with Crippen LogP contribution >= 0.6 is 0 Å². The van der Waals surface area contributed by atoms with Crippen LogP contribution in [0.25, 0.3) is 6.08 Å². The highest BCUT2D eigenvalue weighted by Crippen LogP contribution is 2.08. The first-order chi connectivity index (χ1) is 5.74. The Morgan fingerprint density at radius 1 is 1.58 bits per heavy atom. The molecule has 0 saturated carbocycles. The van der Waals surface area contributed by atoms with Crippen LogP contribution in [-0.2, 0) is 4.79 Å². The monoisotopic (exact) mass is 166 g/mol. The zero-order valence-corrected chi connectivity index (χ0v) is 6.20. The second kappa shape index (κ2) is 3.61. The average molecular weight is 166 g/mol. The number of nitrogens with two attached hydrogens (primary N) is 1. The number of anilines is 1. The molecule has 0 aliphatic heterocycles. The molecule has 2 N–H and O–H groups in total. The molecular weight excluding hydrogens is 159 g/mol. The zero-order chi connectivity index (χ0) is 8.97. The quantitative estimate of drug-likeness (QED) is 0.527. The molecule has 1 heterocycles. The van der Waals surface area contributed by atoms with E-state index in [9.17, 15) is 9.18 Å². The van der Waals surface area contributed by atoms with Crippen molar-refractivity contribution in [2.45, 2.75) is 0 Å². The molecule has 1 rings (SSSR count). The molecule has 0 saturated heterocycles. The number of carbonyl (C=O) groups excluding carboxylic acids is 1. The van der Waals surface area contributed by atoms with E-state index in [1.165, 1.54) is 24.4 Å². The van der Waals surface area contributed by atoms with Crippen molar-refractivity contribution in [1.82, 2.24) is 4.98 Å². The van der Waals surface area contributed by atoms with Crippen LogP contribution in [0.4, 0.5) is 10.2 Å². The SMILES string of the molecule is Nc1ncc(C=CC=O)cc1F. The predicted octanol–water partition coefficient (Wildman–Crippen LogP) is 1.02. The summed E-state index contributed by atoms with van der Waals surface area (Å²) in [6.45, 7) is 0. The fourth-order valence-corrected chi connectivity index (χ4v) is 0.705. The zero-order valence-electron chi connectivity index (χ0n) is 6.20. The Bertz CT molecular complexity index is 323. The topological polar surface area (TPSA) is 56.0 Å². The molecule has 12 heavy (non-hydrogen) atoms. The molecule has 4 heteroatoms. The van der Waals surface area contributed by atoms with Crippen molar-refractivity contribution in [2.24, 2.45) is 0 Å². The molecule has 1 aromatic heterocycles. The number of halogens is 1. The van der Waals surface area contributed by atoms with Crippen LogP contribution in [-0.4, -0.2) is 11.3 Å². The largest absolute Gasteiger partial charge is 0.381 e. The van der Waals surface area contributed by atoms with Crippen LogP contribution in [0.15, 0.2) is 18.3 Å². The third-order valence-electron chi connectivity index (χ3n) is 1.26. The van der Waals surface area contributed by atoms with Gasteiger partial charge < -0.3 is 5.73 Å². The summed E-state index contributed by atoms with van der Waals surface area (Å²) in [6, 6.07) is 1.21. The minimum atomic E-state index is -0.581. The van der Waals surface area contributed by atoms with Gasteiger partial charge in [-0.3, -0.25) is 4.79 Å². The highest BCUT2D eigenvalue weighted by molar-refractivity contribution is 5.73. The molecule has 0 fully saturated rings. The Morgan fingerprint density at radius 2 is 2.33 bits per heavy atom. The molecule has 62 valence electrons. The Hall–Kier alpha value is -1.71. The number of carbonyl (C=O) groups is 1. The first-order valence-electron chi connectivity index (χ1n) is 3.27. The number of rotatable bonds is 2. The molecule has 0 bridgehead atoms. The van der Waals surface area contributed by atoms with Crippen molar-refractivity contribution in [2.75, 3.05) is 5.73 Å². The van der Waals surface area contributed by atoms with Crippen molar-refractivity contribution >= 4 is 18.2 Å². The van der Waals surface area contributed by atoms with Crippen LogP contribution in [0.5, 0.6) is 0 Å². The molecule has 0 radical (unpaired) electrons. The van der Waals surface area contributed by atoms with Gasteiger partial charge >= 0.3 is 0 Å². The van der Waals surface area contributed by atoms with E-state index < -0.39 is 5.82 Å². The van der Waals surface area contributed by atoms with Crippen molar-refractivity contribution in [1.29, 1.82) is 0 Å². The Labute approximate surface area is 68.7 Å². The number of pyridine rings is 1. The Morgan fingerprint density at radius 3 is 2.92 bits per heavy atom. The van der Waals surface area contributed by atoms with Gasteiger partial charge in [0.25, 0.3) is 0 Å². The summed E-state index contributed by atoms with van der Waals surface area (Å²) in [6.07, 6.45) is 4.70. The lowest BCUT2D eigenvalue weighted by atomic mass is 10.2. The van der Waals surface area contributed by atoms with Crippen molar-refractivity contribution in [3.05, 3.63) is 29.7 Å². The summed E-state index contributed by atoms with van der Waals surface area (Å²) in [5.41, 5.74) is 5.65. The van der Waals surface area contributed by atoms with Gasteiger partial charge in [0, 0.05) is 6.20 Å². The van der Waals surface area contributed by atoms with E-state index in [1.54, 1.807) is 0 Å². The highest BCUT2D eigenvalue weighted by Gasteiger charge is 1.97. The maximum absolute atomic E-state index is 12.7. The lowest BCUT2D eigenvalue weighted by Gasteiger charge is -1.95. The Kier molecular flexibility index (Phi) is 2.53. The van der Waals surface area contributed by atoms with Crippen LogP contribution in [0, 0.1) is 5.82 Å². The van der Waals surface area contributed by atoms with Gasteiger partial charge in [0.05, 0.1) is 0 Å². The lowest BCUT2D eigenvalue weighted by Crippen LogP contribution is -1.94. The van der Waals surface area contributed by atoms with E-state index >= 15 is 0 Å². The van der Waals surface area contributed by atoms with Gasteiger partial charge in [0.2, 0.25) is 0 Å². The van der Waals surface area contributed by atoms with Gasteiger partial charge in [-0.25, -0.2) is 9.37 Å². The minimum absolute atomic E-state index is 0.141.